The van der Waals surface area contributed by atoms with E-state index in [1.54, 1.807) is 4.90 Å². The first-order valence-corrected chi connectivity index (χ1v) is 6.24. The van der Waals surface area contributed by atoms with Crippen LogP contribution in [0.15, 0.2) is 48.5 Å². The summed E-state index contributed by atoms with van der Waals surface area (Å²) in [6.07, 6.45) is 0. The highest BCUT2D eigenvalue weighted by molar-refractivity contribution is 6.08. The molecule has 2 aromatic carbocycles. The van der Waals surface area contributed by atoms with Gasteiger partial charge in [-0.1, -0.05) is 24.3 Å². The van der Waals surface area contributed by atoms with Crippen molar-refractivity contribution in [1.29, 1.82) is 0 Å². The summed E-state index contributed by atoms with van der Waals surface area (Å²) < 4.78 is 0. The van der Waals surface area contributed by atoms with Crippen LogP contribution in [0.5, 0.6) is 0 Å². The maximum absolute atomic E-state index is 12.2. The van der Waals surface area contributed by atoms with Crippen molar-refractivity contribution in [1.82, 2.24) is 0 Å². The van der Waals surface area contributed by atoms with Gasteiger partial charge < -0.3 is 11.1 Å². The minimum absolute atomic E-state index is 0.0351. The normalized spacial score (nSPS) is 13.9. The molecule has 0 aromatic heterocycles. The second-order valence-corrected chi connectivity index (χ2v) is 4.47. The Kier molecular flexibility index (Phi) is 2.93. The first-order chi connectivity index (χ1) is 9.29. The molecule has 0 unspecified atom stereocenters. The number of rotatable bonds is 2. The first kappa shape index (κ1) is 11.7. The van der Waals surface area contributed by atoms with Crippen molar-refractivity contribution >= 4 is 23.0 Å². The molecule has 0 saturated heterocycles. The second-order valence-electron chi connectivity index (χ2n) is 4.47. The molecule has 0 radical (unpaired) electrons. The molecule has 3 N–H and O–H groups in total. The van der Waals surface area contributed by atoms with E-state index in [1.807, 2.05) is 48.5 Å². The van der Waals surface area contributed by atoms with Crippen LogP contribution in [0.4, 0.5) is 17.1 Å². The summed E-state index contributed by atoms with van der Waals surface area (Å²) in [6, 6.07) is 15.6. The lowest BCUT2D eigenvalue weighted by atomic mass is 10.1. The van der Waals surface area contributed by atoms with Crippen LogP contribution in [0.25, 0.3) is 0 Å². The van der Waals surface area contributed by atoms with Crippen LogP contribution in [-0.2, 0) is 11.3 Å². The number of fused-ring (bicyclic) bond motifs is 1. The van der Waals surface area contributed by atoms with E-state index in [0.29, 0.717) is 13.1 Å². The largest absolute Gasteiger partial charge is 0.374 e. The molecule has 0 spiro atoms. The van der Waals surface area contributed by atoms with E-state index >= 15 is 0 Å². The third kappa shape index (κ3) is 2.06. The van der Waals surface area contributed by atoms with E-state index in [-0.39, 0.29) is 5.91 Å². The van der Waals surface area contributed by atoms with Crippen molar-refractivity contribution in [2.24, 2.45) is 5.73 Å². The molecule has 0 aliphatic carbocycles. The smallest absolute Gasteiger partial charge is 0.250 e. The van der Waals surface area contributed by atoms with Gasteiger partial charge in [0.25, 0.3) is 5.91 Å². The quantitative estimate of drug-likeness (QED) is 0.863. The molecule has 0 saturated carbocycles. The van der Waals surface area contributed by atoms with E-state index < -0.39 is 0 Å². The molecule has 0 atom stereocenters. The predicted molar refractivity (Wildman–Crippen MR) is 76.4 cm³/mol. The number of amides is 1. The number of anilines is 3. The number of nitrogens with one attached hydrogen (secondary N) is 1. The Hall–Kier alpha value is -2.33. The van der Waals surface area contributed by atoms with Crippen LogP contribution < -0.4 is 16.0 Å². The van der Waals surface area contributed by atoms with Gasteiger partial charge in [-0.15, -0.1) is 0 Å². The van der Waals surface area contributed by atoms with Crippen LogP contribution in [0.2, 0.25) is 0 Å². The highest BCUT2D eigenvalue weighted by Gasteiger charge is 2.24. The number of nitrogens with zero attached hydrogens (tertiary/aromatic N) is 1. The molecule has 96 valence electrons. The summed E-state index contributed by atoms with van der Waals surface area (Å²) in [7, 11) is 0. The molecule has 4 heteroatoms. The summed E-state index contributed by atoms with van der Waals surface area (Å²) in [5.74, 6) is 0.0351. The summed E-state index contributed by atoms with van der Waals surface area (Å²) in [5.41, 5.74) is 9.39. The van der Waals surface area contributed by atoms with Crippen LogP contribution in [0, 0.1) is 0 Å². The third-order valence-corrected chi connectivity index (χ3v) is 3.23. The topological polar surface area (TPSA) is 58.4 Å². The Bertz CT molecular complexity index is 624. The lowest BCUT2D eigenvalue weighted by Gasteiger charge is -2.30. The molecule has 0 bridgehead atoms. The molecule has 3 rings (SSSR count). The van der Waals surface area contributed by atoms with Crippen LogP contribution in [0.3, 0.4) is 0 Å². The Labute approximate surface area is 111 Å². The molecule has 1 heterocycles. The van der Waals surface area contributed by atoms with Gasteiger partial charge in [-0.05, 0) is 29.8 Å². The van der Waals surface area contributed by atoms with Gasteiger partial charge in [-0.3, -0.25) is 9.69 Å². The van der Waals surface area contributed by atoms with Crippen LogP contribution in [0.1, 0.15) is 5.56 Å². The fourth-order valence-corrected chi connectivity index (χ4v) is 2.31. The molecule has 0 fully saturated rings. The van der Waals surface area contributed by atoms with E-state index in [1.165, 1.54) is 0 Å². The average Bonchev–Trinajstić information content (AvgIpc) is 2.47. The molecule has 1 aliphatic heterocycles. The van der Waals surface area contributed by atoms with E-state index in [0.717, 1.165) is 22.6 Å². The second kappa shape index (κ2) is 4.74. The molecular formula is C15H15N3O. The first-order valence-electron chi connectivity index (χ1n) is 6.24. The highest BCUT2D eigenvalue weighted by atomic mass is 16.2. The highest BCUT2D eigenvalue weighted by Crippen LogP contribution is 2.35. The number of nitrogens with two attached hydrogens (primary N) is 1. The maximum atomic E-state index is 12.2. The van der Waals surface area contributed by atoms with Crippen LogP contribution in [-0.4, -0.2) is 12.5 Å². The van der Waals surface area contributed by atoms with Gasteiger partial charge in [0.2, 0.25) is 0 Å². The Morgan fingerprint density at radius 1 is 1.16 bits per heavy atom. The zero-order valence-electron chi connectivity index (χ0n) is 10.5. The lowest BCUT2D eigenvalue weighted by molar-refractivity contribution is -0.116. The van der Waals surface area contributed by atoms with E-state index in [4.69, 9.17) is 5.73 Å². The van der Waals surface area contributed by atoms with E-state index in [9.17, 15) is 4.79 Å². The summed E-state index contributed by atoms with van der Waals surface area (Å²) in [6.45, 7) is 0.777. The Balaban J connectivity index is 2.10. The van der Waals surface area contributed by atoms with Crippen molar-refractivity contribution in [2.45, 2.75) is 6.54 Å². The standard InChI is InChI=1S/C15H15N3O/c16-9-11-4-3-5-12(8-11)18-14-7-2-1-6-13(14)17-10-15(18)19/h1-8,17H,9-10,16H2. The fraction of sp³-hybridized carbons (Fsp3) is 0.133. The van der Waals surface area contributed by atoms with Gasteiger partial charge in [0.15, 0.2) is 0 Å². The predicted octanol–water partition coefficient (Wildman–Crippen LogP) is 2.24. The van der Waals surface area contributed by atoms with Gasteiger partial charge in [-0.25, -0.2) is 0 Å². The van der Waals surface area contributed by atoms with Gasteiger partial charge in [0, 0.05) is 12.2 Å². The zero-order chi connectivity index (χ0) is 13.2. The van der Waals surface area contributed by atoms with Crippen molar-refractivity contribution in [3.05, 3.63) is 54.1 Å². The van der Waals surface area contributed by atoms with Crippen molar-refractivity contribution in [3.8, 4) is 0 Å². The number of para-hydroxylation sites is 2. The SMILES string of the molecule is NCc1cccc(N2C(=O)CNc3ccccc32)c1. The minimum Gasteiger partial charge on any atom is -0.374 e. The zero-order valence-corrected chi connectivity index (χ0v) is 10.5. The average molecular weight is 253 g/mol. The monoisotopic (exact) mass is 253 g/mol. The summed E-state index contributed by atoms with van der Waals surface area (Å²) in [4.78, 5) is 13.9. The Morgan fingerprint density at radius 2 is 2.00 bits per heavy atom. The number of hydrogen-bond donors (Lipinski definition) is 2. The van der Waals surface area contributed by atoms with Gasteiger partial charge in [0.05, 0.1) is 17.9 Å². The summed E-state index contributed by atoms with van der Waals surface area (Å²) >= 11 is 0. The third-order valence-electron chi connectivity index (χ3n) is 3.23. The number of benzene rings is 2. The van der Waals surface area contributed by atoms with Gasteiger partial charge >= 0.3 is 0 Å². The molecule has 4 nitrogen and oxygen atoms in total. The number of carbonyl (C=O) groups is 1. The molecule has 1 aliphatic rings. The van der Waals surface area contributed by atoms with Gasteiger partial charge in [-0.2, -0.15) is 0 Å². The molecule has 1 amide bonds. The Morgan fingerprint density at radius 3 is 2.84 bits per heavy atom. The van der Waals surface area contributed by atoms with Crippen molar-refractivity contribution in [2.75, 3.05) is 16.8 Å². The number of carbonyl (C=O) groups excluding carboxylic acids is 1. The van der Waals surface area contributed by atoms with Crippen LogP contribution >= 0.6 is 0 Å². The summed E-state index contributed by atoms with van der Waals surface area (Å²) in [5, 5.41) is 3.12. The number of hydrogen-bond acceptors (Lipinski definition) is 3. The lowest BCUT2D eigenvalue weighted by Crippen LogP contribution is -2.36. The van der Waals surface area contributed by atoms with E-state index in [2.05, 4.69) is 5.32 Å². The minimum atomic E-state index is 0.0351. The molecule has 2 aromatic rings. The maximum Gasteiger partial charge on any atom is 0.250 e. The van der Waals surface area contributed by atoms with Crippen molar-refractivity contribution in [3.63, 3.8) is 0 Å². The molecular weight excluding hydrogens is 238 g/mol. The van der Waals surface area contributed by atoms with Crippen molar-refractivity contribution < 1.29 is 4.79 Å². The van der Waals surface area contributed by atoms with Gasteiger partial charge in [0.1, 0.15) is 0 Å². The fourth-order valence-electron chi connectivity index (χ4n) is 2.31. The molecule has 19 heavy (non-hydrogen) atoms.